The van der Waals surface area contributed by atoms with Crippen LogP contribution in [0.4, 0.5) is 4.79 Å². The number of carboxylic acids is 1. The van der Waals surface area contributed by atoms with Crippen LogP contribution in [0.2, 0.25) is 0 Å². The molecule has 7 heteroatoms. The highest BCUT2D eigenvalue weighted by Gasteiger charge is 2.42. The SMILES string of the molecule is CN(CC1(N(C)C)CCC1)C(=O)N1CCOCC1C(=O)O. The van der Waals surface area contributed by atoms with Crippen LogP contribution < -0.4 is 0 Å². The first-order chi connectivity index (χ1) is 9.87. The zero-order chi connectivity index (χ0) is 15.6. The third-order valence-corrected chi connectivity index (χ3v) is 4.75. The second-order valence-electron chi connectivity index (χ2n) is 6.23. The van der Waals surface area contributed by atoms with E-state index in [0.29, 0.717) is 19.7 Å². The number of ether oxygens (including phenoxy) is 1. The van der Waals surface area contributed by atoms with E-state index < -0.39 is 12.0 Å². The lowest BCUT2D eigenvalue weighted by molar-refractivity contribution is -0.147. The van der Waals surface area contributed by atoms with Crippen molar-refractivity contribution < 1.29 is 19.4 Å². The molecule has 2 rings (SSSR count). The molecule has 0 radical (unpaired) electrons. The summed E-state index contributed by atoms with van der Waals surface area (Å²) in [4.78, 5) is 29.1. The van der Waals surface area contributed by atoms with Gasteiger partial charge in [0, 0.05) is 25.7 Å². The van der Waals surface area contributed by atoms with Crippen LogP contribution in [0.25, 0.3) is 0 Å². The van der Waals surface area contributed by atoms with Crippen molar-refractivity contribution in [3.8, 4) is 0 Å². The Morgan fingerprint density at radius 2 is 2.00 bits per heavy atom. The van der Waals surface area contributed by atoms with Gasteiger partial charge in [-0.15, -0.1) is 0 Å². The molecule has 1 unspecified atom stereocenters. The number of carbonyl (C=O) groups excluding carboxylic acids is 1. The Balaban J connectivity index is 2.02. The van der Waals surface area contributed by atoms with Gasteiger partial charge in [-0.25, -0.2) is 9.59 Å². The average Bonchev–Trinajstić information content (AvgIpc) is 2.41. The normalized spacial score (nSPS) is 24.6. The summed E-state index contributed by atoms with van der Waals surface area (Å²) in [5, 5.41) is 9.22. The fourth-order valence-corrected chi connectivity index (χ4v) is 3.10. The lowest BCUT2D eigenvalue weighted by atomic mass is 9.75. The smallest absolute Gasteiger partial charge is 0.328 e. The molecule has 2 amide bonds. The van der Waals surface area contributed by atoms with Gasteiger partial charge >= 0.3 is 12.0 Å². The molecule has 1 heterocycles. The van der Waals surface area contributed by atoms with Crippen LogP contribution in [-0.2, 0) is 9.53 Å². The summed E-state index contributed by atoms with van der Waals surface area (Å²) in [5.41, 5.74) is 0.0371. The largest absolute Gasteiger partial charge is 0.480 e. The third-order valence-electron chi connectivity index (χ3n) is 4.75. The molecule has 1 atom stereocenters. The standard InChI is InChI=1S/C14H25N3O4/c1-15(2)14(5-4-6-14)10-16(3)13(20)17-7-8-21-9-11(17)12(18)19/h11H,4-10H2,1-3H3,(H,18,19). The first-order valence-corrected chi connectivity index (χ1v) is 7.37. The summed E-state index contributed by atoms with van der Waals surface area (Å²) in [6, 6.07) is -1.11. The van der Waals surface area contributed by atoms with E-state index in [0.717, 1.165) is 12.8 Å². The quantitative estimate of drug-likeness (QED) is 0.808. The number of carboxylic acid groups (broad SMARTS) is 1. The van der Waals surface area contributed by atoms with Gasteiger partial charge in [0.15, 0.2) is 6.04 Å². The molecule has 2 aliphatic rings. The van der Waals surface area contributed by atoms with E-state index in [-0.39, 0.29) is 18.2 Å². The van der Waals surface area contributed by atoms with Crippen LogP contribution in [0, 0.1) is 0 Å². The van der Waals surface area contributed by atoms with Gasteiger partial charge < -0.3 is 24.5 Å². The molecule has 120 valence electrons. The summed E-state index contributed by atoms with van der Waals surface area (Å²) in [6.45, 7) is 1.41. The van der Waals surface area contributed by atoms with Gasteiger partial charge in [0.1, 0.15) is 0 Å². The molecule has 0 aromatic rings. The summed E-state index contributed by atoms with van der Waals surface area (Å²) in [5.74, 6) is -1.01. The average molecular weight is 299 g/mol. The molecule has 0 aromatic carbocycles. The Hall–Kier alpha value is -1.34. The van der Waals surface area contributed by atoms with E-state index in [2.05, 4.69) is 4.90 Å². The van der Waals surface area contributed by atoms with Crippen molar-refractivity contribution in [3.05, 3.63) is 0 Å². The predicted octanol–water partition coefficient (Wildman–Crippen LogP) is 0.308. The van der Waals surface area contributed by atoms with Gasteiger partial charge in [0.2, 0.25) is 0 Å². The van der Waals surface area contributed by atoms with Gasteiger partial charge in [-0.3, -0.25) is 0 Å². The van der Waals surface area contributed by atoms with Crippen LogP contribution in [0.15, 0.2) is 0 Å². The highest BCUT2D eigenvalue weighted by Crippen LogP contribution is 2.36. The number of hydrogen-bond acceptors (Lipinski definition) is 4. The molecule has 1 saturated carbocycles. The maximum Gasteiger partial charge on any atom is 0.328 e. The Kier molecular flexibility index (Phi) is 4.73. The number of likely N-dealkylation sites (N-methyl/N-ethyl adjacent to an activating group) is 2. The fraction of sp³-hybridized carbons (Fsp3) is 0.857. The van der Waals surface area contributed by atoms with E-state index >= 15 is 0 Å². The van der Waals surface area contributed by atoms with Crippen molar-refractivity contribution in [1.82, 2.24) is 14.7 Å². The lowest BCUT2D eigenvalue weighted by Gasteiger charge is -2.49. The van der Waals surface area contributed by atoms with Gasteiger partial charge in [-0.1, -0.05) is 0 Å². The van der Waals surface area contributed by atoms with Gasteiger partial charge in [0.05, 0.1) is 13.2 Å². The van der Waals surface area contributed by atoms with Crippen LogP contribution in [0.3, 0.4) is 0 Å². The molecule has 1 aliphatic carbocycles. The minimum atomic E-state index is -1.01. The molecule has 1 N–H and O–H groups in total. The van der Waals surface area contributed by atoms with Gasteiger partial charge in [-0.2, -0.15) is 0 Å². The summed E-state index contributed by atoms with van der Waals surface area (Å²) >= 11 is 0. The maximum atomic E-state index is 12.6. The molecule has 1 aliphatic heterocycles. The minimum Gasteiger partial charge on any atom is -0.480 e. The van der Waals surface area contributed by atoms with E-state index in [1.165, 1.54) is 11.3 Å². The van der Waals surface area contributed by atoms with Crippen molar-refractivity contribution in [2.24, 2.45) is 0 Å². The van der Waals surface area contributed by atoms with Crippen molar-refractivity contribution in [1.29, 1.82) is 0 Å². The number of nitrogens with zero attached hydrogens (tertiary/aromatic N) is 3. The lowest BCUT2D eigenvalue weighted by Crippen LogP contribution is -2.61. The molecule has 1 saturated heterocycles. The number of urea groups is 1. The number of carbonyl (C=O) groups is 2. The van der Waals surface area contributed by atoms with Crippen LogP contribution in [-0.4, -0.2) is 90.8 Å². The minimum absolute atomic E-state index is 0.0371. The summed E-state index contributed by atoms with van der Waals surface area (Å²) < 4.78 is 5.17. The van der Waals surface area contributed by atoms with Gasteiger partial charge in [0.25, 0.3) is 0 Å². The second kappa shape index (κ2) is 6.19. The molecule has 7 nitrogen and oxygen atoms in total. The van der Waals surface area contributed by atoms with Crippen molar-refractivity contribution in [3.63, 3.8) is 0 Å². The molecule has 2 fully saturated rings. The zero-order valence-electron chi connectivity index (χ0n) is 13.0. The fourth-order valence-electron chi connectivity index (χ4n) is 3.10. The van der Waals surface area contributed by atoms with Crippen molar-refractivity contribution in [2.75, 3.05) is 47.4 Å². The van der Waals surface area contributed by atoms with E-state index in [9.17, 15) is 14.7 Å². The maximum absolute atomic E-state index is 12.6. The van der Waals surface area contributed by atoms with Crippen molar-refractivity contribution in [2.45, 2.75) is 30.8 Å². The first-order valence-electron chi connectivity index (χ1n) is 7.37. The van der Waals surface area contributed by atoms with E-state index in [1.807, 2.05) is 14.1 Å². The van der Waals surface area contributed by atoms with Gasteiger partial charge in [-0.05, 0) is 33.4 Å². The third kappa shape index (κ3) is 3.13. The topological polar surface area (TPSA) is 73.3 Å². The number of rotatable bonds is 4. The van der Waals surface area contributed by atoms with Crippen LogP contribution in [0.1, 0.15) is 19.3 Å². The highest BCUT2D eigenvalue weighted by atomic mass is 16.5. The Labute approximate surface area is 125 Å². The Morgan fingerprint density at radius 1 is 1.33 bits per heavy atom. The molecule has 21 heavy (non-hydrogen) atoms. The molecular formula is C14H25N3O4. The number of amides is 2. The zero-order valence-corrected chi connectivity index (χ0v) is 13.0. The van der Waals surface area contributed by atoms with E-state index in [4.69, 9.17) is 4.74 Å². The Morgan fingerprint density at radius 3 is 2.48 bits per heavy atom. The van der Waals surface area contributed by atoms with E-state index in [1.54, 1.807) is 11.9 Å². The monoisotopic (exact) mass is 299 g/mol. The summed E-state index contributed by atoms with van der Waals surface area (Å²) in [7, 11) is 5.82. The van der Waals surface area contributed by atoms with Crippen molar-refractivity contribution >= 4 is 12.0 Å². The molecule has 0 spiro atoms. The van der Waals surface area contributed by atoms with Crippen LogP contribution in [0.5, 0.6) is 0 Å². The number of aliphatic carboxylic acids is 1. The molecular weight excluding hydrogens is 274 g/mol. The molecule has 0 bridgehead atoms. The second-order valence-corrected chi connectivity index (χ2v) is 6.23. The predicted molar refractivity (Wildman–Crippen MR) is 77.2 cm³/mol. The van der Waals surface area contributed by atoms with Crippen LogP contribution >= 0.6 is 0 Å². The Bertz CT molecular complexity index is 409. The number of morpholine rings is 1. The number of hydrogen-bond donors (Lipinski definition) is 1. The first kappa shape index (κ1) is 16.0. The molecule has 0 aromatic heterocycles. The highest BCUT2D eigenvalue weighted by molar-refractivity contribution is 5.83. The summed E-state index contributed by atoms with van der Waals surface area (Å²) in [6.07, 6.45) is 3.32.